The number of hydrogen-bond donors (Lipinski definition) is 1. The van der Waals surface area contributed by atoms with Crippen molar-refractivity contribution in [1.29, 1.82) is 0 Å². The van der Waals surface area contributed by atoms with Gasteiger partial charge in [-0.3, -0.25) is 4.79 Å². The number of amides is 1. The van der Waals surface area contributed by atoms with Crippen LogP contribution in [0.15, 0.2) is 46.9 Å². The molecule has 27 heavy (non-hydrogen) atoms. The van der Waals surface area contributed by atoms with Gasteiger partial charge in [0.25, 0.3) is 0 Å². The zero-order valence-electron chi connectivity index (χ0n) is 15.6. The maximum atomic E-state index is 13.3. The number of carbonyl (C=O) groups is 1. The van der Waals surface area contributed by atoms with Gasteiger partial charge < -0.3 is 19.5 Å². The molecule has 1 aliphatic rings. The Kier molecular flexibility index (Phi) is 6.39. The molecule has 2 aromatic rings. The normalized spacial score (nSPS) is 15.8. The SMILES string of the molecule is COc1cccc(CNC(=O)C2(c3ccc(Br)cc3)CCOCC2)c1OC. The van der Waals surface area contributed by atoms with Crippen LogP contribution in [0.5, 0.6) is 11.5 Å². The Morgan fingerprint density at radius 1 is 1.11 bits per heavy atom. The summed E-state index contributed by atoms with van der Waals surface area (Å²) < 4.78 is 17.3. The zero-order valence-corrected chi connectivity index (χ0v) is 17.2. The van der Waals surface area contributed by atoms with Gasteiger partial charge in [-0.05, 0) is 36.6 Å². The van der Waals surface area contributed by atoms with Crippen molar-refractivity contribution >= 4 is 21.8 Å². The monoisotopic (exact) mass is 433 g/mol. The molecule has 6 heteroatoms. The first-order valence-corrected chi connectivity index (χ1v) is 9.72. The summed E-state index contributed by atoms with van der Waals surface area (Å²) in [6, 6.07) is 13.6. The molecule has 0 atom stereocenters. The summed E-state index contributed by atoms with van der Waals surface area (Å²) in [4.78, 5) is 13.3. The number of methoxy groups -OCH3 is 2. The summed E-state index contributed by atoms with van der Waals surface area (Å²) in [5.41, 5.74) is 1.32. The number of rotatable bonds is 6. The number of benzene rings is 2. The summed E-state index contributed by atoms with van der Waals surface area (Å²) in [7, 11) is 3.20. The molecule has 0 unspecified atom stereocenters. The molecule has 1 fully saturated rings. The lowest BCUT2D eigenvalue weighted by atomic mass is 9.73. The first kappa shape index (κ1) is 19.7. The van der Waals surface area contributed by atoms with Crippen LogP contribution in [-0.4, -0.2) is 33.3 Å². The fourth-order valence-corrected chi connectivity index (χ4v) is 3.84. The molecule has 1 N–H and O–H groups in total. The minimum absolute atomic E-state index is 0.0120. The predicted molar refractivity (Wildman–Crippen MR) is 107 cm³/mol. The van der Waals surface area contributed by atoms with E-state index in [4.69, 9.17) is 14.2 Å². The topological polar surface area (TPSA) is 56.8 Å². The van der Waals surface area contributed by atoms with E-state index >= 15 is 0 Å². The number of nitrogens with one attached hydrogen (secondary N) is 1. The number of ether oxygens (including phenoxy) is 3. The fourth-order valence-electron chi connectivity index (χ4n) is 3.57. The molecule has 1 amide bonds. The fraction of sp³-hybridized carbons (Fsp3) is 0.381. The van der Waals surface area contributed by atoms with Gasteiger partial charge in [0, 0.05) is 29.8 Å². The van der Waals surface area contributed by atoms with Crippen LogP contribution in [0.4, 0.5) is 0 Å². The number of halogens is 1. The molecule has 3 rings (SSSR count). The van der Waals surface area contributed by atoms with Crippen molar-refractivity contribution in [3.63, 3.8) is 0 Å². The van der Waals surface area contributed by atoms with Crippen LogP contribution in [0.2, 0.25) is 0 Å². The molecule has 0 radical (unpaired) electrons. The maximum Gasteiger partial charge on any atom is 0.231 e. The quantitative estimate of drug-likeness (QED) is 0.751. The first-order valence-electron chi connectivity index (χ1n) is 8.92. The Bertz CT molecular complexity index is 785. The largest absolute Gasteiger partial charge is 0.493 e. The lowest BCUT2D eigenvalue weighted by Crippen LogP contribution is -2.47. The van der Waals surface area contributed by atoms with E-state index < -0.39 is 5.41 Å². The molecule has 1 aliphatic heterocycles. The molecule has 1 heterocycles. The highest BCUT2D eigenvalue weighted by atomic mass is 79.9. The summed E-state index contributed by atoms with van der Waals surface area (Å²) in [5, 5.41) is 3.11. The zero-order chi connectivity index (χ0) is 19.3. The Hall–Kier alpha value is -2.05. The van der Waals surface area contributed by atoms with Crippen LogP contribution in [0.3, 0.4) is 0 Å². The second-order valence-corrected chi connectivity index (χ2v) is 7.45. The molecule has 0 bridgehead atoms. The number of para-hydroxylation sites is 1. The average molecular weight is 434 g/mol. The first-order chi connectivity index (χ1) is 13.1. The van der Waals surface area contributed by atoms with Gasteiger partial charge in [-0.1, -0.05) is 40.2 Å². The van der Waals surface area contributed by atoms with Gasteiger partial charge in [-0.15, -0.1) is 0 Å². The molecular formula is C21H24BrNO4. The van der Waals surface area contributed by atoms with Crippen molar-refractivity contribution in [2.45, 2.75) is 24.8 Å². The Balaban J connectivity index is 1.83. The van der Waals surface area contributed by atoms with Crippen molar-refractivity contribution in [3.05, 3.63) is 58.1 Å². The third-order valence-corrected chi connectivity index (χ3v) is 5.63. The summed E-state index contributed by atoms with van der Waals surface area (Å²) >= 11 is 3.46. The van der Waals surface area contributed by atoms with E-state index in [9.17, 15) is 4.79 Å². The van der Waals surface area contributed by atoms with Crippen LogP contribution in [0.25, 0.3) is 0 Å². The van der Waals surface area contributed by atoms with Crippen molar-refractivity contribution in [2.75, 3.05) is 27.4 Å². The molecular weight excluding hydrogens is 410 g/mol. The Labute approximate surface area is 168 Å². The van der Waals surface area contributed by atoms with Crippen LogP contribution >= 0.6 is 15.9 Å². The van der Waals surface area contributed by atoms with E-state index in [1.54, 1.807) is 14.2 Å². The molecule has 0 saturated carbocycles. The van der Waals surface area contributed by atoms with E-state index in [0.29, 0.717) is 44.1 Å². The van der Waals surface area contributed by atoms with Gasteiger partial charge in [0.1, 0.15) is 0 Å². The average Bonchev–Trinajstić information content (AvgIpc) is 2.72. The van der Waals surface area contributed by atoms with Crippen molar-refractivity contribution in [1.82, 2.24) is 5.32 Å². The third kappa shape index (κ3) is 4.12. The standard InChI is InChI=1S/C21H24BrNO4/c1-25-18-5-3-4-15(19(18)26-2)14-23-20(24)21(10-12-27-13-11-21)16-6-8-17(22)9-7-16/h3-9H,10-14H2,1-2H3,(H,23,24). The van der Waals surface area contributed by atoms with Crippen LogP contribution in [0, 0.1) is 0 Å². The molecule has 0 aromatic heterocycles. The van der Waals surface area contributed by atoms with Gasteiger partial charge >= 0.3 is 0 Å². The second kappa shape index (κ2) is 8.76. The predicted octanol–water partition coefficient (Wildman–Crippen LogP) is 3.83. The number of hydrogen-bond acceptors (Lipinski definition) is 4. The third-order valence-electron chi connectivity index (χ3n) is 5.10. The Morgan fingerprint density at radius 2 is 1.81 bits per heavy atom. The highest BCUT2D eigenvalue weighted by Gasteiger charge is 2.41. The van der Waals surface area contributed by atoms with E-state index in [0.717, 1.165) is 15.6 Å². The molecule has 144 valence electrons. The summed E-state index contributed by atoms with van der Waals surface area (Å²) in [6.45, 7) is 1.52. The minimum atomic E-state index is -0.578. The molecule has 0 aliphatic carbocycles. The van der Waals surface area contributed by atoms with Gasteiger partial charge in [0.05, 0.1) is 19.6 Å². The molecule has 0 spiro atoms. The van der Waals surface area contributed by atoms with Crippen molar-refractivity contribution in [3.8, 4) is 11.5 Å². The van der Waals surface area contributed by atoms with Crippen molar-refractivity contribution in [2.24, 2.45) is 0 Å². The van der Waals surface area contributed by atoms with Crippen molar-refractivity contribution < 1.29 is 19.0 Å². The lowest BCUT2D eigenvalue weighted by Gasteiger charge is -2.36. The van der Waals surface area contributed by atoms with E-state index in [-0.39, 0.29) is 5.91 Å². The van der Waals surface area contributed by atoms with Gasteiger partial charge in [-0.25, -0.2) is 0 Å². The highest BCUT2D eigenvalue weighted by molar-refractivity contribution is 9.10. The second-order valence-electron chi connectivity index (χ2n) is 6.54. The van der Waals surface area contributed by atoms with Gasteiger partial charge in [0.15, 0.2) is 11.5 Å². The van der Waals surface area contributed by atoms with Gasteiger partial charge in [0.2, 0.25) is 5.91 Å². The smallest absolute Gasteiger partial charge is 0.231 e. The minimum Gasteiger partial charge on any atom is -0.493 e. The number of carbonyl (C=O) groups excluding carboxylic acids is 1. The van der Waals surface area contributed by atoms with Crippen LogP contribution in [0.1, 0.15) is 24.0 Å². The maximum absolute atomic E-state index is 13.3. The lowest BCUT2D eigenvalue weighted by molar-refractivity contribution is -0.130. The summed E-state index contributed by atoms with van der Waals surface area (Å²) in [6.07, 6.45) is 1.32. The van der Waals surface area contributed by atoms with Gasteiger partial charge in [-0.2, -0.15) is 0 Å². The van der Waals surface area contributed by atoms with Crippen LogP contribution < -0.4 is 14.8 Å². The Morgan fingerprint density at radius 3 is 2.44 bits per heavy atom. The summed E-state index contributed by atoms with van der Waals surface area (Å²) in [5.74, 6) is 1.31. The van der Waals surface area contributed by atoms with Crippen LogP contribution in [-0.2, 0) is 21.5 Å². The molecule has 5 nitrogen and oxygen atoms in total. The van der Waals surface area contributed by atoms with E-state index in [1.807, 2.05) is 42.5 Å². The van der Waals surface area contributed by atoms with E-state index in [2.05, 4.69) is 21.2 Å². The molecule has 1 saturated heterocycles. The highest BCUT2D eigenvalue weighted by Crippen LogP contribution is 2.36. The molecule has 2 aromatic carbocycles. The van der Waals surface area contributed by atoms with E-state index in [1.165, 1.54) is 0 Å².